The zero-order chi connectivity index (χ0) is 17.6. The Kier molecular flexibility index (Phi) is 6.02. The number of hydrogen-bond acceptors (Lipinski definition) is 6. The molecule has 0 aromatic carbocycles. The van der Waals surface area contributed by atoms with Gasteiger partial charge in [-0.25, -0.2) is 14.6 Å². The van der Waals surface area contributed by atoms with Crippen LogP contribution in [0, 0.1) is 0 Å². The van der Waals surface area contributed by atoms with Gasteiger partial charge in [0.25, 0.3) is 5.91 Å². The number of carbonyl (C=O) groups is 3. The average Bonchev–Trinajstić information content (AvgIpc) is 2.42. The fourth-order valence-corrected chi connectivity index (χ4v) is 1.48. The number of rotatable bonds is 5. The Balaban J connectivity index is 2.78. The number of anilines is 1. The molecule has 1 atom stereocenters. The van der Waals surface area contributed by atoms with E-state index in [1.54, 1.807) is 20.8 Å². The van der Waals surface area contributed by atoms with Crippen molar-refractivity contribution in [2.75, 3.05) is 11.9 Å². The van der Waals surface area contributed by atoms with Gasteiger partial charge < -0.3 is 20.3 Å². The molecule has 23 heavy (non-hydrogen) atoms. The minimum absolute atomic E-state index is 0.0720. The lowest BCUT2D eigenvalue weighted by Crippen LogP contribution is -2.43. The van der Waals surface area contributed by atoms with Crippen molar-refractivity contribution in [1.29, 1.82) is 0 Å². The van der Waals surface area contributed by atoms with Gasteiger partial charge in [-0.2, -0.15) is 0 Å². The van der Waals surface area contributed by atoms with Gasteiger partial charge in [0, 0.05) is 11.8 Å². The summed E-state index contributed by atoms with van der Waals surface area (Å²) in [5.41, 5.74) is -0.611. The lowest BCUT2D eigenvalue weighted by atomic mass is 10.2. The molecule has 1 rings (SSSR count). The second-order valence-corrected chi connectivity index (χ2v) is 5.60. The van der Waals surface area contributed by atoms with Crippen molar-refractivity contribution in [3.8, 4) is 0 Å². The van der Waals surface area contributed by atoms with Crippen LogP contribution in [0.1, 0.15) is 31.1 Å². The maximum atomic E-state index is 11.9. The van der Waals surface area contributed by atoms with Gasteiger partial charge in [0.2, 0.25) is 0 Å². The summed E-state index contributed by atoms with van der Waals surface area (Å²) in [6.07, 6.45) is 0.539. The second kappa shape index (κ2) is 7.54. The molecule has 0 aliphatic rings. The molecule has 9 nitrogen and oxygen atoms in total. The molecule has 2 amide bonds. The Hall–Kier alpha value is -2.68. The molecule has 0 unspecified atom stereocenters. The highest BCUT2D eigenvalue weighted by atomic mass is 16.6. The van der Waals surface area contributed by atoms with E-state index in [0.29, 0.717) is 0 Å². The summed E-state index contributed by atoms with van der Waals surface area (Å²) in [6, 6.07) is 1.18. The molecule has 0 aliphatic heterocycles. The van der Waals surface area contributed by atoms with E-state index < -0.39 is 36.2 Å². The van der Waals surface area contributed by atoms with Crippen molar-refractivity contribution in [2.24, 2.45) is 0 Å². The number of ether oxygens (including phenoxy) is 1. The van der Waals surface area contributed by atoms with Crippen LogP contribution in [0.4, 0.5) is 10.6 Å². The monoisotopic (exact) mass is 325 g/mol. The van der Waals surface area contributed by atoms with Crippen molar-refractivity contribution < 1.29 is 29.3 Å². The number of hydrogen-bond donors (Lipinski definition) is 4. The molecule has 0 saturated heterocycles. The van der Waals surface area contributed by atoms with E-state index >= 15 is 0 Å². The normalized spacial score (nSPS) is 12.2. The topological polar surface area (TPSA) is 138 Å². The van der Waals surface area contributed by atoms with Gasteiger partial charge in [-0.3, -0.25) is 10.1 Å². The Morgan fingerprint density at radius 3 is 2.52 bits per heavy atom. The highest BCUT2D eigenvalue weighted by Gasteiger charge is 2.20. The summed E-state index contributed by atoms with van der Waals surface area (Å²) in [6.45, 7) is 4.36. The molecule has 1 aromatic rings. The van der Waals surface area contributed by atoms with Gasteiger partial charge in [-0.1, -0.05) is 0 Å². The number of nitrogens with zero attached hydrogens (tertiary/aromatic N) is 1. The van der Waals surface area contributed by atoms with Gasteiger partial charge in [-0.05, 0) is 32.9 Å². The molecule has 1 aromatic heterocycles. The minimum Gasteiger partial charge on any atom is -0.480 e. The molecule has 0 radical (unpaired) electrons. The van der Waals surface area contributed by atoms with Crippen molar-refractivity contribution in [1.82, 2.24) is 10.3 Å². The molecule has 0 spiro atoms. The van der Waals surface area contributed by atoms with Crippen LogP contribution in [-0.2, 0) is 9.53 Å². The first kappa shape index (κ1) is 18.4. The van der Waals surface area contributed by atoms with Gasteiger partial charge in [0.05, 0.1) is 6.61 Å². The fourth-order valence-electron chi connectivity index (χ4n) is 1.48. The molecule has 0 saturated carbocycles. The zero-order valence-electron chi connectivity index (χ0n) is 13.0. The predicted octanol–water partition coefficient (Wildman–Crippen LogP) is 0.604. The summed E-state index contributed by atoms with van der Waals surface area (Å²) in [4.78, 5) is 38.2. The summed E-state index contributed by atoms with van der Waals surface area (Å²) in [5, 5.41) is 22.2. The van der Waals surface area contributed by atoms with Crippen molar-refractivity contribution in [2.45, 2.75) is 32.4 Å². The summed E-state index contributed by atoms with van der Waals surface area (Å²) < 4.78 is 5.05. The number of amides is 2. The van der Waals surface area contributed by atoms with Crippen molar-refractivity contribution in [3.05, 3.63) is 23.9 Å². The average molecular weight is 325 g/mol. The molecular formula is C14H19N3O6. The smallest absolute Gasteiger partial charge is 0.413 e. The largest absolute Gasteiger partial charge is 0.480 e. The van der Waals surface area contributed by atoms with Gasteiger partial charge in [-0.15, -0.1) is 0 Å². The van der Waals surface area contributed by atoms with Crippen LogP contribution in [0.2, 0.25) is 0 Å². The highest BCUT2D eigenvalue weighted by Crippen LogP contribution is 2.11. The summed E-state index contributed by atoms with van der Waals surface area (Å²) in [5.74, 6) is -2.01. The van der Waals surface area contributed by atoms with Crippen LogP contribution < -0.4 is 10.6 Å². The van der Waals surface area contributed by atoms with E-state index in [-0.39, 0.29) is 11.4 Å². The number of aliphatic carboxylic acids is 1. The highest BCUT2D eigenvalue weighted by molar-refractivity contribution is 5.97. The van der Waals surface area contributed by atoms with Crippen molar-refractivity contribution in [3.63, 3.8) is 0 Å². The van der Waals surface area contributed by atoms with Gasteiger partial charge in [0.15, 0.2) is 6.04 Å². The van der Waals surface area contributed by atoms with E-state index in [2.05, 4.69) is 15.6 Å². The fraction of sp³-hybridized carbons (Fsp3) is 0.429. The molecule has 1 heterocycles. The summed E-state index contributed by atoms with van der Waals surface area (Å²) >= 11 is 0. The quantitative estimate of drug-likeness (QED) is 0.622. The maximum Gasteiger partial charge on any atom is 0.413 e. The SMILES string of the molecule is CC(C)(C)OC(=O)Nc1cc(C(=O)N[C@@H](CO)C(=O)O)ccn1. The molecule has 0 fully saturated rings. The number of carboxylic acid groups (broad SMARTS) is 1. The van der Waals surface area contributed by atoms with Crippen LogP contribution in [0.3, 0.4) is 0 Å². The van der Waals surface area contributed by atoms with Crippen molar-refractivity contribution >= 4 is 23.8 Å². The zero-order valence-corrected chi connectivity index (χ0v) is 13.0. The molecule has 4 N–H and O–H groups in total. The van der Waals surface area contributed by atoms with E-state index in [4.69, 9.17) is 14.9 Å². The third kappa shape index (κ3) is 6.30. The van der Waals surface area contributed by atoms with Crippen LogP contribution >= 0.6 is 0 Å². The maximum absolute atomic E-state index is 11.9. The Morgan fingerprint density at radius 1 is 1.35 bits per heavy atom. The molecular weight excluding hydrogens is 306 g/mol. The van der Waals surface area contributed by atoms with Crippen LogP contribution in [0.15, 0.2) is 18.3 Å². The van der Waals surface area contributed by atoms with E-state index in [9.17, 15) is 14.4 Å². The molecule has 0 aliphatic carbocycles. The Labute approximate surface area is 132 Å². The third-order valence-electron chi connectivity index (χ3n) is 2.44. The third-order valence-corrected chi connectivity index (χ3v) is 2.44. The first-order chi connectivity index (χ1) is 10.6. The van der Waals surface area contributed by atoms with Crippen LogP contribution in [-0.4, -0.2) is 51.4 Å². The summed E-state index contributed by atoms with van der Waals surface area (Å²) in [7, 11) is 0. The van der Waals surface area contributed by atoms with E-state index in [1.165, 1.54) is 18.3 Å². The first-order valence-electron chi connectivity index (χ1n) is 6.73. The standard InChI is InChI=1S/C14H19N3O6/c1-14(2,3)23-13(22)17-10-6-8(4-5-15-10)11(19)16-9(7-18)12(20)21/h4-6,9,18H,7H2,1-3H3,(H,16,19)(H,20,21)(H,15,17,22)/t9-/m0/s1. The lowest BCUT2D eigenvalue weighted by molar-refractivity contribution is -0.140. The minimum atomic E-state index is -1.42. The second-order valence-electron chi connectivity index (χ2n) is 5.60. The Bertz CT molecular complexity index is 596. The molecule has 126 valence electrons. The number of pyridine rings is 1. The van der Waals surface area contributed by atoms with E-state index in [0.717, 1.165) is 0 Å². The predicted molar refractivity (Wildman–Crippen MR) is 80.1 cm³/mol. The number of aromatic nitrogens is 1. The van der Waals surface area contributed by atoms with E-state index in [1.807, 2.05) is 0 Å². The van der Waals surface area contributed by atoms with Gasteiger partial charge in [0.1, 0.15) is 11.4 Å². The number of aliphatic hydroxyl groups is 1. The lowest BCUT2D eigenvalue weighted by Gasteiger charge is -2.19. The Morgan fingerprint density at radius 2 is 2.00 bits per heavy atom. The number of carboxylic acids is 1. The van der Waals surface area contributed by atoms with Crippen LogP contribution in [0.5, 0.6) is 0 Å². The molecule has 0 bridgehead atoms. The van der Waals surface area contributed by atoms with Crippen LogP contribution in [0.25, 0.3) is 0 Å². The number of carbonyl (C=O) groups excluding carboxylic acids is 2. The number of nitrogens with one attached hydrogen (secondary N) is 2. The first-order valence-corrected chi connectivity index (χ1v) is 6.73. The van der Waals surface area contributed by atoms with Gasteiger partial charge >= 0.3 is 12.1 Å². The number of aliphatic hydroxyl groups excluding tert-OH is 1. The molecule has 9 heteroatoms.